The molecule has 3 nitrogen and oxygen atoms in total. The summed E-state index contributed by atoms with van der Waals surface area (Å²) in [7, 11) is 0. The van der Waals surface area contributed by atoms with Gasteiger partial charge in [-0.2, -0.15) is 5.26 Å². The summed E-state index contributed by atoms with van der Waals surface area (Å²) >= 11 is 0. The lowest BCUT2D eigenvalue weighted by atomic mass is 9.77. The fourth-order valence-electron chi connectivity index (χ4n) is 4.24. The first-order valence-electron chi connectivity index (χ1n) is 10.7. The average Bonchev–Trinajstić information content (AvgIpc) is 2.74. The minimum Gasteiger partial charge on any atom is -0.423 e. The van der Waals surface area contributed by atoms with Crippen molar-refractivity contribution in [3.05, 3.63) is 64.7 Å². The number of halogens is 2. The molecule has 2 aromatic carbocycles. The molecule has 0 bridgehead atoms. The van der Waals surface area contributed by atoms with E-state index in [1.807, 2.05) is 12.1 Å². The number of rotatable bonds is 7. The first-order valence-corrected chi connectivity index (χ1v) is 10.7. The smallest absolute Gasteiger partial charge is 0.343 e. The molecule has 3 rings (SSSR count). The molecule has 0 heterocycles. The highest BCUT2D eigenvalue weighted by Crippen LogP contribution is 2.37. The van der Waals surface area contributed by atoms with Gasteiger partial charge in [0.25, 0.3) is 0 Å². The average molecular weight is 411 g/mol. The topological polar surface area (TPSA) is 50.1 Å². The van der Waals surface area contributed by atoms with Crippen molar-refractivity contribution in [3.8, 4) is 11.8 Å². The number of hydrogen-bond donors (Lipinski definition) is 0. The van der Waals surface area contributed by atoms with Gasteiger partial charge in [0.15, 0.2) is 0 Å². The van der Waals surface area contributed by atoms with Gasteiger partial charge in [-0.05, 0) is 55.2 Å². The summed E-state index contributed by atoms with van der Waals surface area (Å²) in [5.41, 5.74) is 0.838. The maximum Gasteiger partial charge on any atom is 0.343 e. The van der Waals surface area contributed by atoms with Gasteiger partial charge in [0.05, 0.1) is 5.56 Å². The number of ether oxygens (including phenoxy) is 1. The third-order valence-corrected chi connectivity index (χ3v) is 6.02. The number of hydrogen-bond acceptors (Lipinski definition) is 3. The van der Waals surface area contributed by atoms with E-state index in [0.717, 1.165) is 18.1 Å². The zero-order valence-corrected chi connectivity index (χ0v) is 17.3. The van der Waals surface area contributed by atoms with Crippen LogP contribution in [0.5, 0.6) is 5.75 Å². The summed E-state index contributed by atoms with van der Waals surface area (Å²) in [6.45, 7) is 2.23. The van der Waals surface area contributed by atoms with Crippen molar-refractivity contribution in [2.45, 2.75) is 64.2 Å². The predicted octanol–water partition coefficient (Wildman–Crippen LogP) is 6.91. The Hall–Kier alpha value is -2.74. The Morgan fingerprint density at radius 2 is 1.70 bits per heavy atom. The Morgan fingerprint density at radius 3 is 2.27 bits per heavy atom. The third kappa shape index (κ3) is 5.44. The van der Waals surface area contributed by atoms with Gasteiger partial charge < -0.3 is 4.74 Å². The highest BCUT2D eigenvalue weighted by molar-refractivity contribution is 5.91. The zero-order valence-electron chi connectivity index (χ0n) is 17.3. The normalized spacial score (nSPS) is 18.6. The van der Waals surface area contributed by atoms with Gasteiger partial charge in [-0.15, -0.1) is 0 Å². The molecule has 0 aliphatic heterocycles. The number of unbranched alkanes of at least 4 members (excludes halogenated alkanes) is 2. The number of carbonyl (C=O) groups is 1. The Bertz CT molecular complexity index is 887. The molecule has 0 spiro atoms. The molecule has 0 atom stereocenters. The predicted molar refractivity (Wildman–Crippen MR) is 111 cm³/mol. The number of nitrogens with zero attached hydrogens (tertiary/aromatic N) is 1. The Kier molecular flexibility index (Phi) is 7.57. The van der Waals surface area contributed by atoms with Crippen LogP contribution in [-0.2, 0) is 0 Å². The van der Waals surface area contributed by atoms with Crippen LogP contribution in [0.1, 0.15) is 85.7 Å². The molecule has 30 heavy (non-hydrogen) atoms. The molecule has 0 N–H and O–H groups in total. The van der Waals surface area contributed by atoms with Crippen LogP contribution in [0.2, 0.25) is 0 Å². The molecule has 2 aromatic rings. The van der Waals surface area contributed by atoms with Crippen LogP contribution in [0.25, 0.3) is 0 Å². The molecule has 0 saturated heterocycles. The minimum absolute atomic E-state index is 0.264. The SMILES string of the molecule is CCCCC[C@H]1CC[C@H](c2ccc(C(=O)Oc3cc(F)c(C#N)c(F)c3)cc2)CC1. The van der Waals surface area contributed by atoms with E-state index >= 15 is 0 Å². The second-order valence-electron chi connectivity index (χ2n) is 8.10. The van der Waals surface area contributed by atoms with Crippen molar-refractivity contribution in [2.24, 2.45) is 5.92 Å². The first-order chi connectivity index (χ1) is 14.5. The third-order valence-electron chi connectivity index (χ3n) is 6.02. The molecular weight excluding hydrogens is 384 g/mol. The standard InChI is InChI=1S/C25H27F2NO2/c1-2-3-4-5-17-6-8-18(9-7-17)19-10-12-20(13-11-19)25(29)30-21-14-23(26)22(16-28)24(27)15-21/h10-15,17-18H,2-9H2,1H3/t17-,18-. The van der Waals surface area contributed by atoms with Gasteiger partial charge in [-0.25, -0.2) is 13.6 Å². The van der Waals surface area contributed by atoms with E-state index in [1.54, 1.807) is 12.1 Å². The summed E-state index contributed by atoms with van der Waals surface area (Å²) in [5, 5.41) is 8.71. The Labute approximate surface area is 176 Å². The molecule has 1 fully saturated rings. The van der Waals surface area contributed by atoms with E-state index in [-0.39, 0.29) is 5.75 Å². The van der Waals surface area contributed by atoms with Crippen LogP contribution in [0.4, 0.5) is 8.78 Å². The van der Waals surface area contributed by atoms with Gasteiger partial charge in [-0.1, -0.05) is 44.7 Å². The van der Waals surface area contributed by atoms with Crippen LogP contribution in [0.15, 0.2) is 36.4 Å². The van der Waals surface area contributed by atoms with Crippen molar-refractivity contribution in [3.63, 3.8) is 0 Å². The Balaban J connectivity index is 1.57. The van der Waals surface area contributed by atoms with E-state index in [2.05, 4.69) is 6.92 Å². The summed E-state index contributed by atoms with van der Waals surface area (Å²) in [4.78, 5) is 12.3. The summed E-state index contributed by atoms with van der Waals surface area (Å²) in [6.07, 6.45) is 10.1. The van der Waals surface area contributed by atoms with Crippen molar-refractivity contribution < 1.29 is 18.3 Å². The molecule has 158 valence electrons. The van der Waals surface area contributed by atoms with E-state index < -0.39 is 23.2 Å². The van der Waals surface area contributed by atoms with Crippen LogP contribution >= 0.6 is 0 Å². The quantitative estimate of drug-likeness (QED) is 0.283. The molecule has 0 unspecified atom stereocenters. The monoisotopic (exact) mass is 411 g/mol. The lowest BCUT2D eigenvalue weighted by Crippen LogP contribution is -2.14. The van der Waals surface area contributed by atoms with Crippen LogP contribution in [0, 0.1) is 28.9 Å². The number of carbonyl (C=O) groups excluding carboxylic acids is 1. The van der Waals surface area contributed by atoms with Gasteiger partial charge >= 0.3 is 5.97 Å². The molecule has 5 heteroatoms. The molecule has 1 aliphatic rings. The second kappa shape index (κ2) is 10.3. The van der Waals surface area contributed by atoms with Gasteiger partial charge in [-0.3, -0.25) is 0 Å². The van der Waals surface area contributed by atoms with E-state index in [0.29, 0.717) is 11.5 Å². The van der Waals surface area contributed by atoms with Crippen molar-refractivity contribution in [1.29, 1.82) is 5.26 Å². The van der Waals surface area contributed by atoms with Gasteiger partial charge in [0.1, 0.15) is 29.0 Å². The van der Waals surface area contributed by atoms with E-state index in [4.69, 9.17) is 10.00 Å². The van der Waals surface area contributed by atoms with Gasteiger partial charge in [0, 0.05) is 12.1 Å². The zero-order chi connectivity index (χ0) is 21.5. The van der Waals surface area contributed by atoms with Crippen LogP contribution < -0.4 is 4.74 Å². The maximum absolute atomic E-state index is 13.7. The largest absolute Gasteiger partial charge is 0.423 e. The minimum atomic E-state index is -1.05. The highest BCUT2D eigenvalue weighted by Gasteiger charge is 2.22. The number of nitriles is 1. The summed E-state index contributed by atoms with van der Waals surface area (Å²) in [6, 6.07) is 10.4. The van der Waals surface area contributed by atoms with Crippen molar-refractivity contribution in [1.82, 2.24) is 0 Å². The summed E-state index contributed by atoms with van der Waals surface area (Å²) in [5.74, 6) is -1.71. The lowest BCUT2D eigenvalue weighted by Gasteiger charge is -2.29. The number of esters is 1. The molecule has 0 radical (unpaired) electrons. The van der Waals surface area contributed by atoms with E-state index in [9.17, 15) is 13.6 Å². The van der Waals surface area contributed by atoms with Crippen molar-refractivity contribution >= 4 is 5.97 Å². The molecule has 0 aromatic heterocycles. The highest BCUT2D eigenvalue weighted by atomic mass is 19.1. The lowest BCUT2D eigenvalue weighted by molar-refractivity contribution is 0.0734. The number of benzene rings is 2. The maximum atomic E-state index is 13.7. The van der Waals surface area contributed by atoms with Crippen molar-refractivity contribution in [2.75, 3.05) is 0 Å². The fraction of sp³-hybridized carbons (Fsp3) is 0.440. The fourth-order valence-corrected chi connectivity index (χ4v) is 4.24. The molecule has 1 aliphatic carbocycles. The van der Waals surface area contributed by atoms with Gasteiger partial charge in [0.2, 0.25) is 0 Å². The molecule has 1 saturated carbocycles. The van der Waals surface area contributed by atoms with Crippen LogP contribution in [0.3, 0.4) is 0 Å². The Morgan fingerprint density at radius 1 is 1.07 bits per heavy atom. The van der Waals surface area contributed by atoms with Crippen LogP contribution in [-0.4, -0.2) is 5.97 Å². The molecule has 0 amide bonds. The second-order valence-corrected chi connectivity index (χ2v) is 8.10. The van der Waals surface area contributed by atoms with E-state index in [1.165, 1.54) is 63.0 Å². The first kappa shape index (κ1) is 22.0. The molecular formula is C25H27F2NO2. The summed E-state index contributed by atoms with van der Waals surface area (Å²) < 4.78 is 32.4.